The van der Waals surface area contributed by atoms with Crippen molar-refractivity contribution < 1.29 is 19.1 Å². The predicted octanol–water partition coefficient (Wildman–Crippen LogP) is 3.45. The predicted molar refractivity (Wildman–Crippen MR) is 99.4 cm³/mol. The van der Waals surface area contributed by atoms with Gasteiger partial charge in [-0.1, -0.05) is 30.4 Å². The van der Waals surface area contributed by atoms with Gasteiger partial charge in [-0.05, 0) is 39.3 Å². The van der Waals surface area contributed by atoms with Crippen LogP contribution in [-0.2, 0) is 19.1 Å². The maximum atomic E-state index is 12.3. The minimum absolute atomic E-state index is 0.237. The number of anilines is 1. The van der Waals surface area contributed by atoms with Crippen LogP contribution in [0.1, 0.15) is 27.2 Å². The van der Waals surface area contributed by atoms with Crippen LogP contribution >= 0.6 is 0 Å². The van der Waals surface area contributed by atoms with Gasteiger partial charge in [-0.25, -0.2) is 0 Å². The molecular formula is C20H29NO4. The molecule has 0 amide bonds. The topological polar surface area (TPSA) is 55.8 Å². The number of benzene rings is 1. The Morgan fingerprint density at radius 1 is 1.08 bits per heavy atom. The lowest BCUT2D eigenvalue weighted by Crippen LogP contribution is -2.35. The van der Waals surface area contributed by atoms with Crippen LogP contribution in [-0.4, -0.2) is 38.7 Å². The zero-order valence-electron chi connectivity index (χ0n) is 15.6. The number of carbonyl (C=O) groups is 2. The van der Waals surface area contributed by atoms with E-state index in [2.05, 4.69) is 4.90 Å². The van der Waals surface area contributed by atoms with Gasteiger partial charge in [0.25, 0.3) is 0 Å². The van der Waals surface area contributed by atoms with E-state index in [1.54, 1.807) is 13.8 Å². The Labute approximate surface area is 150 Å². The van der Waals surface area contributed by atoms with Gasteiger partial charge in [0.1, 0.15) is 0 Å². The molecule has 1 atom stereocenters. The van der Waals surface area contributed by atoms with Crippen molar-refractivity contribution in [1.29, 1.82) is 0 Å². The van der Waals surface area contributed by atoms with E-state index in [0.717, 1.165) is 5.69 Å². The molecule has 0 aliphatic rings. The quantitative estimate of drug-likeness (QED) is 0.369. The first-order valence-corrected chi connectivity index (χ1v) is 8.77. The molecule has 25 heavy (non-hydrogen) atoms. The van der Waals surface area contributed by atoms with E-state index in [1.165, 1.54) is 0 Å². The van der Waals surface area contributed by atoms with Crippen LogP contribution in [0.15, 0.2) is 42.5 Å². The average molecular weight is 347 g/mol. The summed E-state index contributed by atoms with van der Waals surface area (Å²) >= 11 is 0. The first-order chi connectivity index (χ1) is 12.0. The molecule has 0 aromatic heterocycles. The summed E-state index contributed by atoms with van der Waals surface area (Å²) in [6.45, 7) is 6.51. The Morgan fingerprint density at radius 2 is 1.64 bits per heavy atom. The van der Waals surface area contributed by atoms with Crippen molar-refractivity contribution in [2.75, 3.05) is 31.7 Å². The van der Waals surface area contributed by atoms with E-state index < -0.39 is 17.9 Å². The molecule has 0 aliphatic carbocycles. The smallest absolute Gasteiger partial charge is 0.320 e. The van der Waals surface area contributed by atoms with E-state index >= 15 is 0 Å². The molecule has 0 N–H and O–H groups in total. The van der Waals surface area contributed by atoms with Gasteiger partial charge in [-0.3, -0.25) is 9.59 Å². The Balaban J connectivity index is 2.88. The van der Waals surface area contributed by atoms with Gasteiger partial charge in [0.05, 0.1) is 13.2 Å². The summed E-state index contributed by atoms with van der Waals surface area (Å²) in [5.74, 6) is -2.24. The lowest BCUT2D eigenvalue weighted by Gasteiger charge is -2.25. The highest BCUT2D eigenvalue weighted by atomic mass is 16.6. The molecule has 0 heterocycles. The highest BCUT2D eigenvalue weighted by molar-refractivity contribution is 5.95. The summed E-state index contributed by atoms with van der Waals surface area (Å²) in [4.78, 5) is 26.7. The summed E-state index contributed by atoms with van der Waals surface area (Å²) in [6, 6.07) is 9.99. The zero-order chi connectivity index (χ0) is 18.7. The molecule has 1 rings (SSSR count). The van der Waals surface area contributed by atoms with E-state index in [9.17, 15) is 9.59 Å². The SMILES string of the molecule is C/C=C/C(CCN(C)c1ccccc1)C(C(=O)OCC)C(=O)OCC. The first kappa shape index (κ1) is 20.7. The molecule has 1 aromatic rings. The number of ether oxygens (including phenoxy) is 2. The van der Waals surface area contributed by atoms with Crippen molar-refractivity contribution in [2.45, 2.75) is 27.2 Å². The summed E-state index contributed by atoms with van der Waals surface area (Å²) in [5, 5.41) is 0. The van der Waals surface area contributed by atoms with Gasteiger partial charge >= 0.3 is 11.9 Å². The summed E-state index contributed by atoms with van der Waals surface area (Å²) < 4.78 is 10.2. The molecule has 138 valence electrons. The summed E-state index contributed by atoms with van der Waals surface area (Å²) in [7, 11) is 1.99. The molecular weight excluding hydrogens is 318 g/mol. The van der Waals surface area contributed by atoms with Crippen molar-refractivity contribution >= 4 is 17.6 Å². The maximum Gasteiger partial charge on any atom is 0.320 e. The molecule has 0 saturated carbocycles. The average Bonchev–Trinajstić information content (AvgIpc) is 2.61. The Kier molecular flexibility index (Phi) is 9.37. The van der Waals surface area contributed by atoms with E-state index in [0.29, 0.717) is 13.0 Å². The Hall–Kier alpha value is -2.30. The molecule has 1 unspecified atom stereocenters. The van der Waals surface area contributed by atoms with Gasteiger partial charge < -0.3 is 14.4 Å². The van der Waals surface area contributed by atoms with Crippen LogP contribution in [0.2, 0.25) is 0 Å². The van der Waals surface area contributed by atoms with Crippen molar-refractivity contribution in [1.82, 2.24) is 0 Å². The fourth-order valence-electron chi connectivity index (χ4n) is 2.69. The number of nitrogens with zero attached hydrogens (tertiary/aromatic N) is 1. The Morgan fingerprint density at radius 3 is 2.12 bits per heavy atom. The summed E-state index contributed by atoms with van der Waals surface area (Å²) in [5.41, 5.74) is 1.09. The van der Waals surface area contributed by atoms with Crippen molar-refractivity contribution in [3.8, 4) is 0 Å². The van der Waals surface area contributed by atoms with Crippen molar-refractivity contribution in [2.24, 2.45) is 11.8 Å². The molecule has 0 radical (unpaired) electrons. The van der Waals surface area contributed by atoms with Crippen LogP contribution in [0.4, 0.5) is 5.69 Å². The number of hydrogen-bond donors (Lipinski definition) is 0. The third-order valence-electron chi connectivity index (χ3n) is 3.94. The second kappa shape index (κ2) is 11.3. The lowest BCUT2D eigenvalue weighted by molar-refractivity contribution is -0.163. The van der Waals surface area contributed by atoms with Gasteiger partial charge in [0.2, 0.25) is 0 Å². The van der Waals surface area contributed by atoms with Crippen LogP contribution in [0.3, 0.4) is 0 Å². The van der Waals surface area contributed by atoms with Gasteiger partial charge in [-0.2, -0.15) is 0 Å². The second-order valence-corrected chi connectivity index (χ2v) is 5.72. The number of allylic oxidation sites excluding steroid dienone is 2. The lowest BCUT2D eigenvalue weighted by atomic mass is 9.88. The minimum Gasteiger partial charge on any atom is -0.465 e. The molecule has 5 nitrogen and oxygen atoms in total. The van der Waals surface area contributed by atoms with Gasteiger partial charge in [-0.15, -0.1) is 0 Å². The fourth-order valence-corrected chi connectivity index (χ4v) is 2.69. The highest BCUT2D eigenvalue weighted by Crippen LogP contribution is 2.23. The largest absolute Gasteiger partial charge is 0.465 e. The molecule has 5 heteroatoms. The standard InChI is InChI=1S/C20H29NO4/c1-5-11-16(14-15-21(4)17-12-9-8-10-13-17)18(19(22)24-6-2)20(23)25-7-3/h5,8-13,16,18H,6-7,14-15H2,1-4H3/b11-5+. The first-order valence-electron chi connectivity index (χ1n) is 8.77. The number of carbonyl (C=O) groups excluding carboxylic acids is 2. The molecule has 0 aliphatic heterocycles. The van der Waals surface area contributed by atoms with Crippen molar-refractivity contribution in [3.05, 3.63) is 42.5 Å². The summed E-state index contributed by atoms with van der Waals surface area (Å²) in [6.07, 6.45) is 4.38. The van der Waals surface area contributed by atoms with Gasteiger partial charge in [0.15, 0.2) is 5.92 Å². The maximum absolute atomic E-state index is 12.3. The Bertz CT molecular complexity index is 538. The van der Waals surface area contributed by atoms with Crippen LogP contribution in [0.5, 0.6) is 0 Å². The molecule has 0 fully saturated rings. The molecule has 1 aromatic carbocycles. The van der Waals surface area contributed by atoms with Crippen molar-refractivity contribution in [3.63, 3.8) is 0 Å². The second-order valence-electron chi connectivity index (χ2n) is 5.72. The van der Waals surface area contributed by atoms with E-state index in [1.807, 2.05) is 56.5 Å². The number of para-hydroxylation sites is 1. The minimum atomic E-state index is -0.930. The zero-order valence-corrected chi connectivity index (χ0v) is 15.6. The number of rotatable bonds is 10. The fraction of sp³-hybridized carbons (Fsp3) is 0.500. The van der Waals surface area contributed by atoms with E-state index in [4.69, 9.17) is 9.47 Å². The number of hydrogen-bond acceptors (Lipinski definition) is 5. The van der Waals surface area contributed by atoms with Crippen LogP contribution < -0.4 is 4.90 Å². The molecule has 0 saturated heterocycles. The third kappa shape index (κ3) is 6.61. The van der Waals surface area contributed by atoms with Crippen LogP contribution in [0, 0.1) is 11.8 Å². The monoisotopic (exact) mass is 347 g/mol. The molecule has 0 spiro atoms. The third-order valence-corrected chi connectivity index (χ3v) is 3.94. The number of esters is 2. The van der Waals surface area contributed by atoms with E-state index in [-0.39, 0.29) is 19.1 Å². The molecule has 0 bridgehead atoms. The normalized spacial score (nSPS) is 12.2. The van der Waals surface area contributed by atoms with Crippen LogP contribution in [0.25, 0.3) is 0 Å². The highest BCUT2D eigenvalue weighted by Gasteiger charge is 2.36. The van der Waals surface area contributed by atoms with Gasteiger partial charge in [0, 0.05) is 25.2 Å².